The Morgan fingerprint density at radius 3 is 2.36 bits per heavy atom. The van der Waals surface area contributed by atoms with Gasteiger partial charge in [-0.3, -0.25) is 13.9 Å². The second-order valence-electron chi connectivity index (χ2n) is 8.59. The molecule has 2 aromatic carbocycles. The summed E-state index contributed by atoms with van der Waals surface area (Å²) < 4.78 is 38.7. The lowest BCUT2D eigenvalue weighted by atomic mass is 10.1. The maximum absolute atomic E-state index is 13.7. The maximum atomic E-state index is 13.7. The van der Waals surface area contributed by atoms with E-state index in [0.29, 0.717) is 11.5 Å². The van der Waals surface area contributed by atoms with Gasteiger partial charge in [-0.05, 0) is 57.0 Å². The molecule has 1 N–H and O–H groups in total. The highest BCUT2D eigenvalue weighted by molar-refractivity contribution is 9.10. The van der Waals surface area contributed by atoms with Crippen molar-refractivity contribution in [2.75, 3.05) is 23.4 Å². The van der Waals surface area contributed by atoms with E-state index in [0.717, 1.165) is 20.8 Å². The fourth-order valence-electron chi connectivity index (χ4n) is 3.59. The van der Waals surface area contributed by atoms with E-state index >= 15 is 0 Å². The predicted molar refractivity (Wildman–Crippen MR) is 141 cm³/mol. The van der Waals surface area contributed by atoms with Crippen molar-refractivity contribution in [2.45, 2.75) is 52.7 Å². The zero-order chi connectivity index (χ0) is 26.5. The highest BCUT2D eigenvalue weighted by Gasteiger charge is 2.32. The van der Waals surface area contributed by atoms with Crippen molar-refractivity contribution in [3.63, 3.8) is 0 Å². The largest absolute Gasteiger partial charge is 0.454 e. The van der Waals surface area contributed by atoms with Crippen molar-refractivity contribution in [1.82, 2.24) is 10.2 Å². The molecule has 11 heteroatoms. The first kappa shape index (κ1) is 27.8. The third-order valence-corrected chi connectivity index (χ3v) is 8.33. The summed E-state index contributed by atoms with van der Waals surface area (Å²) in [7, 11) is -3.82. The van der Waals surface area contributed by atoms with Crippen LogP contribution in [-0.2, 0) is 26.2 Å². The smallest absolute Gasteiger partial charge is 0.244 e. The van der Waals surface area contributed by atoms with Crippen molar-refractivity contribution in [2.24, 2.45) is 0 Å². The van der Waals surface area contributed by atoms with E-state index in [4.69, 9.17) is 9.47 Å². The summed E-state index contributed by atoms with van der Waals surface area (Å²) in [5.41, 5.74) is 1.09. The van der Waals surface area contributed by atoms with Gasteiger partial charge in [0.25, 0.3) is 0 Å². The molecule has 36 heavy (non-hydrogen) atoms. The molecular weight excluding hydrogens is 550 g/mol. The summed E-state index contributed by atoms with van der Waals surface area (Å²) in [5, 5.41) is 2.91. The molecule has 2 amide bonds. The molecule has 0 saturated heterocycles. The Morgan fingerprint density at radius 2 is 1.72 bits per heavy atom. The molecule has 0 spiro atoms. The van der Waals surface area contributed by atoms with E-state index in [-0.39, 0.29) is 36.7 Å². The van der Waals surface area contributed by atoms with Crippen LogP contribution in [-0.4, -0.2) is 56.3 Å². The number of sulfonamides is 1. The van der Waals surface area contributed by atoms with Crippen LogP contribution < -0.4 is 19.1 Å². The van der Waals surface area contributed by atoms with Crippen molar-refractivity contribution in [3.8, 4) is 11.5 Å². The number of carbonyl (C=O) groups is 2. The summed E-state index contributed by atoms with van der Waals surface area (Å²) in [5.74, 6) is -0.0940. The standard InChI is InChI=1S/C25H32BrN3O6S/c1-5-17(3)27-25(31)18(4)28(14-19-7-9-20(26)10-8-19)24(30)15-29(36(32,33)6-2)21-11-12-22-23(13-21)35-16-34-22/h7-13,17-18H,5-6,14-16H2,1-4H3,(H,27,31)/t17-,18+/m0/s1. The van der Waals surface area contributed by atoms with Gasteiger partial charge in [-0.1, -0.05) is 35.0 Å². The number of fused-ring (bicyclic) bond motifs is 1. The number of anilines is 1. The van der Waals surface area contributed by atoms with Crippen molar-refractivity contribution < 1.29 is 27.5 Å². The molecule has 0 aromatic heterocycles. The number of nitrogens with one attached hydrogen (secondary N) is 1. The van der Waals surface area contributed by atoms with E-state index in [9.17, 15) is 18.0 Å². The quantitative estimate of drug-likeness (QED) is 0.434. The average Bonchev–Trinajstić information content (AvgIpc) is 3.34. The molecule has 9 nitrogen and oxygen atoms in total. The van der Waals surface area contributed by atoms with Crippen LogP contribution >= 0.6 is 15.9 Å². The highest BCUT2D eigenvalue weighted by Crippen LogP contribution is 2.36. The molecule has 0 radical (unpaired) electrons. The van der Waals surface area contributed by atoms with Gasteiger partial charge < -0.3 is 19.7 Å². The van der Waals surface area contributed by atoms with Crippen LogP contribution in [0, 0.1) is 0 Å². The van der Waals surface area contributed by atoms with E-state index in [1.165, 1.54) is 11.8 Å². The molecule has 1 aliphatic rings. The Hall–Kier alpha value is -2.79. The first-order valence-electron chi connectivity index (χ1n) is 11.8. The minimum Gasteiger partial charge on any atom is -0.454 e. The van der Waals surface area contributed by atoms with Gasteiger partial charge in [0.1, 0.15) is 12.6 Å². The number of halogens is 1. The van der Waals surface area contributed by atoms with Crippen LogP contribution in [0.25, 0.3) is 0 Å². The second-order valence-corrected chi connectivity index (χ2v) is 11.7. The molecule has 2 atom stereocenters. The van der Waals surface area contributed by atoms with Gasteiger partial charge in [0, 0.05) is 23.1 Å². The van der Waals surface area contributed by atoms with Crippen LogP contribution in [0.4, 0.5) is 5.69 Å². The summed E-state index contributed by atoms with van der Waals surface area (Å²) in [6.45, 7) is 6.73. The van der Waals surface area contributed by atoms with Crippen LogP contribution in [0.2, 0.25) is 0 Å². The number of hydrogen-bond donors (Lipinski definition) is 1. The fraction of sp³-hybridized carbons (Fsp3) is 0.440. The van der Waals surface area contributed by atoms with E-state index in [1.54, 1.807) is 25.1 Å². The lowest BCUT2D eigenvalue weighted by molar-refractivity contribution is -0.139. The number of hydrogen-bond acceptors (Lipinski definition) is 6. The Labute approximate surface area is 220 Å². The van der Waals surface area contributed by atoms with Gasteiger partial charge in [-0.15, -0.1) is 0 Å². The number of nitrogens with zero attached hydrogens (tertiary/aromatic N) is 2. The number of amides is 2. The first-order chi connectivity index (χ1) is 17.1. The topological polar surface area (TPSA) is 105 Å². The van der Waals surface area contributed by atoms with Gasteiger partial charge in [0.2, 0.25) is 28.6 Å². The summed E-state index contributed by atoms with van der Waals surface area (Å²) in [4.78, 5) is 28.0. The first-order valence-corrected chi connectivity index (χ1v) is 14.2. The van der Waals surface area contributed by atoms with Gasteiger partial charge in [0.15, 0.2) is 11.5 Å². The van der Waals surface area contributed by atoms with E-state index in [1.807, 2.05) is 38.1 Å². The van der Waals surface area contributed by atoms with Gasteiger partial charge in [0.05, 0.1) is 11.4 Å². The maximum Gasteiger partial charge on any atom is 0.244 e. The van der Waals surface area contributed by atoms with Crippen LogP contribution in [0.1, 0.15) is 39.7 Å². The Bertz CT molecular complexity index is 1190. The fourth-order valence-corrected chi connectivity index (χ4v) is 4.91. The van der Waals surface area contributed by atoms with Gasteiger partial charge >= 0.3 is 0 Å². The zero-order valence-corrected chi connectivity index (χ0v) is 23.3. The predicted octanol–water partition coefficient (Wildman–Crippen LogP) is 3.67. The SMILES string of the molecule is CC[C@H](C)NC(=O)[C@@H](C)N(Cc1ccc(Br)cc1)C(=O)CN(c1ccc2c(c1)OCO2)S(=O)(=O)CC. The molecule has 2 aromatic rings. The molecule has 3 rings (SSSR count). The zero-order valence-electron chi connectivity index (χ0n) is 20.9. The molecule has 1 aliphatic heterocycles. The van der Waals surface area contributed by atoms with E-state index < -0.39 is 28.5 Å². The Kier molecular flexibility index (Phi) is 9.24. The molecule has 196 valence electrons. The number of rotatable bonds is 11. The molecular formula is C25H32BrN3O6S. The summed E-state index contributed by atoms with van der Waals surface area (Å²) in [6, 6.07) is 11.2. The number of benzene rings is 2. The average molecular weight is 583 g/mol. The van der Waals surface area contributed by atoms with Crippen molar-refractivity contribution >= 4 is 43.5 Å². The molecule has 0 aliphatic carbocycles. The Morgan fingerprint density at radius 1 is 1.06 bits per heavy atom. The summed E-state index contributed by atoms with van der Waals surface area (Å²) in [6.07, 6.45) is 0.742. The molecule has 0 saturated carbocycles. The lowest BCUT2D eigenvalue weighted by Crippen LogP contribution is -2.52. The lowest BCUT2D eigenvalue weighted by Gasteiger charge is -2.32. The number of carbonyl (C=O) groups excluding carboxylic acids is 2. The van der Waals surface area contributed by atoms with Gasteiger partial charge in [-0.25, -0.2) is 8.42 Å². The van der Waals surface area contributed by atoms with Gasteiger partial charge in [-0.2, -0.15) is 0 Å². The van der Waals surface area contributed by atoms with Crippen molar-refractivity contribution in [3.05, 3.63) is 52.5 Å². The molecule has 1 heterocycles. The molecule has 0 bridgehead atoms. The van der Waals surface area contributed by atoms with Crippen LogP contribution in [0.3, 0.4) is 0 Å². The second kappa shape index (κ2) is 12.0. The third-order valence-electron chi connectivity index (χ3n) is 6.06. The molecule has 0 fully saturated rings. The monoisotopic (exact) mass is 581 g/mol. The van der Waals surface area contributed by atoms with E-state index in [2.05, 4.69) is 21.2 Å². The van der Waals surface area contributed by atoms with Crippen LogP contribution in [0.15, 0.2) is 46.9 Å². The highest BCUT2D eigenvalue weighted by atomic mass is 79.9. The van der Waals surface area contributed by atoms with Crippen LogP contribution in [0.5, 0.6) is 11.5 Å². The number of ether oxygens (including phenoxy) is 2. The minimum absolute atomic E-state index is 0.0437. The third kappa shape index (κ3) is 6.70. The molecule has 0 unspecified atom stereocenters. The summed E-state index contributed by atoms with van der Waals surface area (Å²) >= 11 is 3.40. The Balaban J connectivity index is 1.93. The normalized spacial score (nSPS) is 14.1. The van der Waals surface area contributed by atoms with Crippen molar-refractivity contribution in [1.29, 1.82) is 0 Å². The minimum atomic E-state index is -3.82.